The molecule has 0 spiro atoms. The number of pyridine rings is 1. The number of H-pyrrole nitrogens is 1. The van der Waals surface area contributed by atoms with Gasteiger partial charge in [0.2, 0.25) is 12.8 Å². The lowest BCUT2D eigenvalue weighted by Gasteiger charge is -2.14. The lowest BCUT2D eigenvalue weighted by molar-refractivity contribution is -0.137. The van der Waals surface area contributed by atoms with Crippen molar-refractivity contribution in [3.8, 4) is 11.3 Å². The van der Waals surface area contributed by atoms with E-state index < -0.39 is 17.8 Å². The SMILES string of the molecule is O=CNCC[C@H](CC(=O)c1c[nH]c2ccc(-c3cccc(C(=O)Cc4ccc(C(F)(F)F)cc4)n3)cc12)NC=O. The molecule has 0 aliphatic rings. The van der Waals surface area contributed by atoms with Crippen LogP contribution in [0.5, 0.6) is 0 Å². The highest BCUT2D eigenvalue weighted by Gasteiger charge is 2.30. The summed E-state index contributed by atoms with van der Waals surface area (Å²) in [5.41, 5.74) is 2.09. The van der Waals surface area contributed by atoms with Crippen molar-refractivity contribution < 1.29 is 32.3 Å². The molecular formula is C29H25F3N4O4. The van der Waals surface area contributed by atoms with Crippen LogP contribution >= 0.6 is 0 Å². The Morgan fingerprint density at radius 3 is 2.45 bits per heavy atom. The van der Waals surface area contributed by atoms with Crippen LogP contribution in [0.3, 0.4) is 0 Å². The average Bonchev–Trinajstić information content (AvgIpc) is 3.37. The molecular weight excluding hydrogens is 525 g/mol. The Labute approximate surface area is 227 Å². The van der Waals surface area contributed by atoms with Crippen molar-refractivity contribution >= 4 is 35.3 Å². The molecule has 0 saturated heterocycles. The number of alkyl halides is 3. The molecule has 40 heavy (non-hydrogen) atoms. The molecule has 0 fully saturated rings. The highest BCUT2D eigenvalue weighted by molar-refractivity contribution is 6.09. The van der Waals surface area contributed by atoms with Crippen LogP contribution in [0.4, 0.5) is 13.2 Å². The van der Waals surface area contributed by atoms with Gasteiger partial charge in [-0.25, -0.2) is 4.98 Å². The predicted octanol–water partition coefficient (Wildman–Crippen LogP) is 4.50. The van der Waals surface area contributed by atoms with Crippen LogP contribution in [0.15, 0.2) is 66.9 Å². The number of nitrogens with one attached hydrogen (secondary N) is 3. The summed E-state index contributed by atoms with van der Waals surface area (Å²) < 4.78 is 38.5. The van der Waals surface area contributed by atoms with Crippen molar-refractivity contribution in [3.05, 3.63) is 89.2 Å². The number of aromatic amines is 1. The highest BCUT2D eigenvalue weighted by atomic mass is 19.4. The summed E-state index contributed by atoms with van der Waals surface area (Å²) in [6.07, 6.45) is -1.49. The number of Topliss-reactive ketones (excluding diaryl/α,β-unsaturated/α-hetero) is 2. The molecule has 1 atom stereocenters. The zero-order valence-electron chi connectivity index (χ0n) is 21.1. The number of hydrogen-bond donors (Lipinski definition) is 3. The van der Waals surface area contributed by atoms with Crippen molar-refractivity contribution in [2.75, 3.05) is 6.54 Å². The number of rotatable bonds is 13. The van der Waals surface area contributed by atoms with Gasteiger partial charge in [-0.15, -0.1) is 0 Å². The Kier molecular flexibility index (Phi) is 8.73. The van der Waals surface area contributed by atoms with Crippen LogP contribution in [0.2, 0.25) is 0 Å². The number of carbonyl (C=O) groups excluding carboxylic acids is 4. The second-order valence-corrected chi connectivity index (χ2v) is 9.13. The monoisotopic (exact) mass is 550 g/mol. The lowest BCUT2D eigenvalue weighted by Crippen LogP contribution is -2.33. The minimum absolute atomic E-state index is 0.0304. The summed E-state index contributed by atoms with van der Waals surface area (Å²) in [4.78, 5) is 54.9. The Morgan fingerprint density at radius 1 is 0.975 bits per heavy atom. The third-order valence-electron chi connectivity index (χ3n) is 6.41. The Morgan fingerprint density at radius 2 is 1.75 bits per heavy atom. The van der Waals surface area contributed by atoms with Crippen molar-refractivity contribution in [1.82, 2.24) is 20.6 Å². The first kappa shape index (κ1) is 28.2. The van der Waals surface area contributed by atoms with Crippen LogP contribution in [0.1, 0.15) is 44.8 Å². The number of aromatic nitrogens is 2. The molecule has 0 bridgehead atoms. The first-order valence-corrected chi connectivity index (χ1v) is 12.4. The number of amides is 2. The van der Waals surface area contributed by atoms with Gasteiger partial charge in [-0.2, -0.15) is 13.2 Å². The van der Waals surface area contributed by atoms with Gasteiger partial charge in [0.15, 0.2) is 11.6 Å². The summed E-state index contributed by atoms with van der Waals surface area (Å²) in [7, 11) is 0. The Bertz CT molecular complexity index is 1530. The number of halogens is 3. The molecule has 2 aromatic heterocycles. The summed E-state index contributed by atoms with van der Waals surface area (Å²) in [6, 6.07) is 14.3. The van der Waals surface area contributed by atoms with Gasteiger partial charge < -0.3 is 15.6 Å². The number of nitrogens with zero attached hydrogens (tertiary/aromatic N) is 1. The van der Waals surface area contributed by atoms with Crippen LogP contribution in [0, 0.1) is 0 Å². The second-order valence-electron chi connectivity index (χ2n) is 9.13. The maximum Gasteiger partial charge on any atom is 0.416 e. The third-order valence-corrected chi connectivity index (χ3v) is 6.41. The smallest absolute Gasteiger partial charge is 0.360 e. The van der Waals surface area contributed by atoms with E-state index in [0.717, 1.165) is 12.1 Å². The molecule has 0 saturated carbocycles. The molecule has 0 aliphatic heterocycles. The summed E-state index contributed by atoms with van der Waals surface area (Å²) in [5.74, 6) is -0.555. The number of hydrogen-bond acceptors (Lipinski definition) is 5. The zero-order valence-corrected chi connectivity index (χ0v) is 21.1. The Balaban J connectivity index is 1.53. The molecule has 2 heterocycles. The van der Waals surface area contributed by atoms with Crippen LogP contribution in [-0.4, -0.2) is 46.9 Å². The molecule has 4 rings (SSSR count). The molecule has 4 aromatic rings. The largest absolute Gasteiger partial charge is 0.416 e. The summed E-state index contributed by atoms with van der Waals surface area (Å²) >= 11 is 0. The van der Waals surface area contributed by atoms with E-state index in [1.54, 1.807) is 42.6 Å². The van der Waals surface area contributed by atoms with E-state index in [0.29, 0.717) is 59.1 Å². The normalized spacial score (nSPS) is 12.1. The first-order valence-electron chi connectivity index (χ1n) is 12.4. The molecule has 3 N–H and O–H groups in total. The number of fused-ring (bicyclic) bond motifs is 1. The standard InChI is InChI=1S/C29H25F3N4O4/c30-29(31,32)20-7-4-18(5-8-20)12-28(40)26-3-1-2-24(36-26)19-6-9-25-22(13-19)23(15-34-25)27(39)14-21(35-17-38)10-11-33-16-37/h1-9,13,15-17,21,34H,10-12,14H2,(H,33,37)(H,35,38)/t21-/m1/s1. The molecule has 0 aliphatic carbocycles. The second kappa shape index (κ2) is 12.4. The molecule has 0 radical (unpaired) electrons. The maximum atomic E-state index is 13.1. The van der Waals surface area contributed by atoms with Gasteiger partial charge in [0.1, 0.15) is 5.69 Å². The summed E-state index contributed by atoms with van der Waals surface area (Å²) in [5, 5.41) is 5.75. The van der Waals surface area contributed by atoms with Crippen LogP contribution in [-0.2, 0) is 22.2 Å². The molecule has 2 aromatic carbocycles. The van der Waals surface area contributed by atoms with E-state index >= 15 is 0 Å². The van der Waals surface area contributed by atoms with Crippen molar-refractivity contribution in [2.45, 2.75) is 31.5 Å². The number of benzene rings is 2. The first-order chi connectivity index (χ1) is 19.2. The van der Waals surface area contributed by atoms with Gasteiger partial charge >= 0.3 is 6.18 Å². The molecule has 0 unspecified atom stereocenters. The quantitative estimate of drug-likeness (QED) is 0.129. The molecule has 206 valence electrons. The van der Waals surface area contributed by atoms with Gasteiger partial charge in [-0.1, -0.05) is 24.3 Å². The van der Waals surface area contributed by atoms with Crippen molar-refractivity contribution in [3.63, 3.8) is 0 Å². The van der Waals surface area contributed by atoms with E-state index in [-0.39, 0.29) is 30.1 Å². The van der Waals surface area contributed by atoms with E-state index in [4.69, 9.17) is 0 Å². The van der Waals surface area contributed by atoms with E-state index in [1.165, 1.54) is 12.1 Å². The summed E-state index contributed by atoms with van der Waals surface area (Å²) in [6.45, 7) is 0.305. The minimum Gasteiger partial charge on any atom is -0.360 e. The van der Waals surface area contributed by atoms with E-state index in [9.17, 15) is 32.3 Å². The fourth-order valence-electron chi connectivity index (χ4n) is 4.34. The predicted molar refractivity (Wildman–Crippen MR) is 142 cm³/mol. The molecule has 2 amide bonds. The fourth-order valence-corrected chi connectivity index (χ4v) is 4.34. The zero-order chi connectivity index (χ0) is 28.7. The van der Waals surface area contributed by atoms with Gasteiger partial charge in [-0.05, 0) is 48.4 Å². The third kappa shape index (κ3) is 6.79. The van der Waals surface area contributed by atoms with Crippen molar-refractivity contribution in [2.24, 2.45) is 0 Å². The number of ketones is 2. The highest BCUT2D eigenvalue weighted by Crippen LogP contribution is 2.30. The maximum absolute atomic E-state index is 13.1. The van der Waals surface area contributed by atoms with E-state index in [1.807, 2.05) is 0 Å². The molecule has 11 heteroatoms. The average molecular weight is 551 g/mol. The molecule has 8 nitrogen and oxygen atoms in total. The van der Waals surface area contributed by atoms with E-state index in [2.05, 4.69) is 20.6 Å². The fraction of sp³-hybridized carbons (Fsp3) is 0.207. The van der Waals surface area contributed by atoms with Gasteiger partial charge in [0.25, 0.3) is 0 Å². The number of carbonyl (C=O) groups is 4. The van der Waals surface area contributed by atoms with Gasteiger partial charge in [0.05, 0.1) is 11.3 Å². The minimum atomic E-state index is -4.45. The lowest BCUT2D eigenvalue weighted by atomic mass is 9.99. The van der Waals surface area contributed by atoms with Crippen LogP contribution in [0.25, 0.3) is 22.2 Å². The Hall–Kier alpha value is -4.80. The van der Waals surface area contributed by atoms with Crippen LogP contribution < -0.4 is 10.6 Å². The van der Waals surface area contributed by atoms with Gasteiger partial charge in [-0.3, -0.25) is 19.2 Å². The topological polar surface area (TPSA) is 121 Å². The van der Waals surface area contributed by atoms with Gasteiger partial charge in [0, 0.05) is 53.7 Å². The van der Waals surface area contributed by atoms with Crippen molar-refractivity contribution in [1.29, 1.82) is 0 Å².